The molecule has 3 unspecified atom stereocenters. The third-order valence-electron chi connectivity index (χ3n) is 3.95. The Morgan fingerprint density at radius 3 is 2.83 bits per heavy atom. The summed E-state index contributed by atoms with van der Waals surface area (Å²) in [5.74, 6) is 1.33. The van der Waals surface area contributed by atoms with Crippen molar-refractivity contribution in [1.82, 2.24) is 10.3 Å². The van der Waals surface area contributed by atoms with Gasteiger partial charge in [-0.1, -0.05) is 25.4 Å². The molecule has 0 radical (unpaired) electrons. The molecule has 1 fully saturated rings. The highest BCUT2D eigenvalue weighted by Crippen LogP contribution is 2.29. The second kappa shape index (κ2) is 5.70. The molecule has 0 spiro atoms. The first-order valence-electron chi connectivity index (χ1n) is 6.48. The van der Waals surface area contributed by atoms with Crippen molar-refractivity contribution >= 4 is 17.5 Å². The van der Waals surface area contributed by atoms with Gasteiger partial charge in [0, 0.05) is 18.4 Å². The Bertz CT molecular complexity index is 436. The normalized spacial score (nSPS) is 27.8. The van der Waals surface area contributed by atoms with Gasteiger partial charge in [-0.3, -0.25) is 9.78 Å². The molecule has 1 N–H and O–H groups in total. The molecule has 0 aromatic carbocycles. The van der Waals surface area contributed by atoms with Crippen LogP contribution in [0.1, 0.15) is 43.5 Å². The molecule has 3 nitrogen and oxygen atoms in total. The fraction of sp³-hybridized carbons (Fsp3) is 0.571. The maximum Gasteiger partial charge on any atom is 0.253 e. The Morgan fingerprint density at radius 2 is 2.17 bits per heavy atom. The predicted molar refractivity (Wildman–Crippen MR) is 72.7 cm³/mol. The van der Waals surface area contributed by atoms with E-state index in [-0.39, 0.29) is 11.9 Å². The van der Waals surface area contributed by atoms with Crippen LogP contribution in [0.2, 0.25) is 5.02 Å². The topological polar surface area (TPSA) is 42.0 Å². The van der Waals surface area contributed by atoms with E-state index < -0.39 is 0 Å². The first-order chi connectivity index (χ1) is 8.58. The summed E-state index contributed by atoms with van der Waals surface area (Å²) >= 11 is 5.97. The summed E-state index contributed by atoms with van der Waals surface area (Å²) in [6.07, 6.45) is 6.38. The predicted octanol–water partition coefficient (Wildman–Crippen LogP) is 3.29. The van der Waals surface area contributed by atoms with E-state index in [1.54, 1.807) is 12.3 Å². The molecule has 1 aliphatic carbocycles. The van der Waals surface area contributed by atoms with Gasteiger partial charge in [0.2, 0.25) is 0 Å². The van der Waals surface area contributed by atoms with Gasteiger partial charge in [-0.25, -0.2) is 0 Å². The van der Waals surface area contributed by atoms with Crippen LogP contribution in [-0.4, -0.2) is 16.9 Å². The number of nitrogens with one attached hydrogen (secondary N) is 1. The first kappa shape index (κ1) is 13.3. The monoisotopic (exact) mass is 266 g/mol. The molecule has 2 rings (SSSR count). The molecule has 0 bridgehead atoms. The standard InChI is InChI=1S/C14H19ClN2O/c1-9-3-4-11(7-10(9)2)17-14(18)12-5-6-16-8-13(12)15/h5-6,8-11H,3-4,7H2,1-2H3,(H,17,18). The van der Waals surface area contributed by atoms with Crippen molar-refractivity contribution in [2.45, 2.75) is 39.2 Å². The number of pyridine rings is 1. The number of halogens is 1. The molecule has 0 saturated heterocycles. The van der Waals surface area contributed by atoms with Gasteiger partial charge < -0.3 is 5.32 Å². The smallest absolute Gasteiger partial charge is 0.253 e. The average Bonchev–Trinajstić information content (AvgIpc) is 2.34. The summed E-state index contributed by atoms with van der Waals surface area (Å²) in [4.78, 5) is 16.0. The summed E-state index contributed by atoms with van der Waals surface area (Å²) in [6, 6.07) is 1.93. The van der Waals surface area contributed by atoms with Crippen molar-refractivity contribution in [2.24, 2.45) is 11.8 Å². The Kier molecular flexibility index (Phi) is 4.23. The van der Waals surface area contributed by atoms with E-state index >= 15 is 0 Å². The maximum absolute atomic E-state index is 12.1. The van der Waals surface area contributed by atoms with Gasteiger partial charge in [0.25, 0.3) is 5.91 Å². The van der Waals surface area contributed by atoms with Gasteiger partial charge >= 0.3 is 0 Å². The van der Waals surface area contributed by atoms with E-state index in [4.69, 9.17) is 11.6 Å². The molecular formula is C14H19ClN2O. The highest BCUT2D eigenvalue weighted by molar-refractivity contribution is 6.33. The fourth-order valence-electron chi connectivity index (χ4n) is 2.50. The van der Waals surface area contributed by atoms with Gasteiger partial charge in [-0.15, -0.1) is 0 Å². The van der Waals surface area contributed by atoms with Gasteiger partial charge in [0.1, 0.15) is 0 Å². The van der Waals surface area contributed by atoms with Crippen molar-refractivity contribution < 1.29 is 4.79 Å². The van der Waals surface area contributed by atoms with E-state index in [0.717, 1.165) is 18.8 Å². The molecule has 1 heterocycles. The lowest BCUT2D eigenvalue weighted by Crippen LogP contribution is -2.39. The Labute approximate surface area is 113 Å². The van der Waals surface area contributed by atoms with E-state index in [0.29, 0.717) is 16.5 Å². The minimum atomic E-state index is -0.0887. The third kappa shape index (κ3) is 3.02. The molecule has 98 valence electrons. The molecule has 1 saturated carbocycles. The fourth-order valence-corrected chi connectivity index (χ4v) is 2.71. The SMILES string of the molecule is CC1CCC(NC(=O)c2ccncc2Cl)CC1C. The van der Waals surface area contributed by atoms with Gasteiger partial charge in [0.15, 0.2) is 0 Å². The number of hydrogen-bond donors (Lipinski definition) is 1. The summed E-state index contributed by atoms with van der Waals surface area (Å²) in [7, 11) is 0. The minimum absolute atomic E-state index is 0.0887. The molecule has 1 amide bonds. The first-order valence-corrected chi connectivity index (χ1v) is 6.86. The van der Waals surface area contributed by atoms with Crippen LogP contribution in [0, 0.1) is 11.8 Å². The Hall–Kier alpha value is -1.09. The van der Waals surface area contributed by atoms with Crippen LogP contribution < -0.4 is 5.32 Å². The molecular weight excluding hydrogens is 248 g/mol. The Morgan fingerprint density at radius 1 is 1.39 bits per heavy atom. The van der Waals surface area contributed by atoms with Crippen LogP contribution in [-0.2, 0) is 0 Å². The van der Waals surface area contributed by atoms with Gasteiger partial charge in [-0.05, 0) is 37.2 Å². The lowest BCUT2D eigenvalue weighted by molar-refractivity contribution is 0.0910. The number of carbonyl (C=O) groups is 1. The van der Waals surface area contributed by atoms with E-state index in [1.165, 1.54) is 12.6 Å². The summed E-state index contributed by atoms with van der Waals surface area (Å²) in [6.45, 7) is 4.53. The lowest BCUT2D eigenvalue weighted by atomic mass is 9.79. The number of nitrogens with zero attached hydrogens (tertiary/aromatic N) is 1. The lowest BCUT2D eigenvalue weighted by Gasteiger charge is -2.32. The van der Waals surface area contributed by atoms with Crippen molar-refractivity contribution in [1.29, 1.82) is 0 Å². The van der Waals surface area contributed by atoms with Crippen molar-refractivity contribution in [2.75, 3.05) is 0 Å². The zero-order valence-electron chi connectivity index (χ0n) is 10.8. The number of amides is 1. The van der Waals surface area contributed by atoms with Crippen LogP contribution in [0.3, 0.4) is 0 Å². The van der Waals surface area contributed by atoms with Crippen molar-refractivity contribution in [3.8, 4) is 0 Å². The second-order valence-electron chi connectivity index (χ2n) is 5.29. The molecule has 18 heavy (non-hydrogen) atoms. The largest absolute Gasteiger partial charge is 0.349 e. The molecule has 0 aliphatic heterocycles. The molecule has 1 aromatic heterocycles. The zero-order chi connectivity index (χ0) is 13.1. The van der Waals surface area contributed by atoms with Crippen LogP contribution >= 0.6 is 11.6 Å². The van der Waals surface area contributed by atoms with Crippen molar-refractivity contribution in [3.05, 3.63) is 29.0 Å². The van der Waals surface area contributed by atoms with E-state index in [1.807, 2.05) is 0 Å². The quantitative estimate of drug-likeness (QED) is 0.893. The summed E-state index contributed by atoms with van der Waals surface area (Å²) in [5, 5.41) is 3.49. The van der Waals surface area contributed by atoms with Crippen LogP contribution in [0.5, 0.6) is 0 Å². The number of carbonyl (C=O) groups excluding carboxylic acids is 1. The molecule has 1 aromatic rings. The summed E-state index contributed by atoms with van der Waals surface area (Å²) < 4.78 is 0. The van der Waals surface area contributed by atoms with Crippen LogP contribution in [0.25, 0.3) is 0 Å². The summed E-state index contributed by atoms with van der Waals surface area (Å²) in [5.41, 5.74) is 0.512. The highest BCUT2D eigenvalue weighted by Gasteiger charge is 2.26. The van der Waals surface area contributed by atoms with Crippen LogP contribution in [0.4, 0.5) is 0 Å². The molecule has 3 atom stereocenters. The second-order valence-corrected chi connectivity index (χ2v) is 5.70. The van der Waals surface area contributed by atoms with Crippen molar-refractivity contribution in [3.63, 3.8) is 0 Å². The van der Waals surface area contributed by atoms with E-state index in [9.17, 15) is 4.79 Å². The third-order valence-corrected chi connectivity index (χ3v) is 4.25. The zero-order valence-corrected chi connectivity index (χ0v) is 11.6. The highest BCUT2D eigenvalue weighted by atomic mass is 35.5. The van der Waals surface area contributed by atoms with Crippen LogP contribution in [0.15, 0.2) is 18.5 Å². The number of hydrogen-bond acceptors (Lipinski definition) is 2. The Balaban J connectivity index is 1.98. The van der Waals surface area contributed by atoms with E-state index in [2.05, 4.69) is 24.1 Å². The average molecular weight is 267 g/mol. The van der Waals surface area contributed by atoms with Gasteiger partial charge in [-0.2, -0.15) is 0 Å². The van der Waals surface area contributed by atoms with Gasteiger partial charge in [0.05, 0.1) is 10.6 Å². The molecule has 1 aliphatic rings. The minimum Gasteiger partial charge on any atom is -0.349 e. The number of rotatable bonds is 2. The molecule has 4 heteroatoms. The number of aromatic nitrogens is 1. The maximum atomic E-state index is 12.1.